The molecule has 1 heterocycles. The summed E-state index contributed by atoms with van der Waals surface area (Å²) in [6.07, 6.45) is 3.40. The predicted octanol–water partition coefficient (Wildman–Crippen LogP) is 4.78. The van der Waals surface area contributed by atoms with Crippen LogP contribution >= 0.6 is 11.3 Å². The Morgan fingerprint density at radius 2 is 1.86 bits per heavy atom. The Labute approximate surface area is 132 Å². The third kappa shape index (κ3) is 5.18. The van der Waals surface area contributed by atoms with Crippen molar-refractivity contribution in [3.05, 3.63) is 51.7 Å². The molecule has 0 saturated carbocycles. The monoisotopic (exact) mass is 303 g/mol. The smallest absolute Gasteiger partial charge is 0.119 e. The minimum absolute atomic E-state index is 0.812. The highest BCUT2D eigenvalue weighted by atomic mass is 32.1. The summed E-state index contributed by atoms with van der Waals surface area (Å²) in [6.45, 7) is 7.05. The lowest BCUT2D eigenvalue weighted by atomic mass is 10.2. The summed E-state index contributed by atoms with van der Waals surface area (Å²) in [5.41, 5.74) is 2.76. The fraction of sp³-hybridized carbons (Fsp3) is 0.444. The molecule has 0 aliphatic heterocycles. The van der Waals surface area contributed by atoms with Gasteiger partial charge in [0.1, 0.15) is 5.75 Å². The first-order chi connectivity index (χ1) is 10.3. The molecule has 1 aromatic carbocycles. The SMILES string of the molecule is CCCCOc1ccc(CNCc2sccc2CC)cc1. The third-order valence-corrected chi connectivity index (χ3v) is 4.49. The zero-order valence-corrected chi connectivity index (χ0v) is 13.8. The van der Waals surface area contributed by atoms with E-state index in [1.165, 1.54) is 22.4 Å². The molecule has 0 aliphatic rings. The van der Waals surface area contributed by atoms with Gasteiger partial charge in [-0.1, -0.05) is 32.4 Å². The van der Waals surface area contributed by atoms with Gasteiger partial charge in [-0.05, 0) is 47.5 Å². The van der Waals surface area contributed by atoms with Crippen molar-refractivity contribution in [2.24, 2.45) is 0 Å². The number of rotatable bonds is 9. The van der Waals surface area contributed by atoms with Crippen LogP contribution in [0.25, 0.3) is 0 Å². The van der Waals surface area contributed by atoms with Gasteiger partial charge < -0.3 is 10.1 Å². The zero-order chi connectivity index (χ0) is 14.9. The molecule has 2 rings (SSSR count). The number of thiophene rings is 1. The highest BCUT2D eigenvalue weighted by Crippen LogP contribution is 2.17. The van der Waals surface area contributed by atoms with Crippen molar-refractivity contribution in [1.29, 1.82) is 0 Å². The topological polar surface area (TPSA) is 21.3 Å². The Balaban J connectivity index is 1.76. The van der Waals surface area contributed by atoms with Crippen LogP contribution in [0.1, 0.15) is 42.7 Å². The number of benzene rings is 1. The van der Waals surface area contributed by atoms with Crippen molar-refractivity contribution < 1.29 is 4.74 Å². The first kappa shape index (κ1) is 16.1. The summed E-state index contributed by atoms with van der Waals surface area (Å²) >= 11 is 1.84. The summed E-state index contributed by atoms with van der Waals surface area (Å²) < 4.78 is 5.68. The summed E-state index contributed by atoms with van der Waals surface area (Å²) in [6, 6.07) is 10.6. The summed E-state index contributed by atoms with van der Waals surface area (Å²) in [4.78, 5) is 1.46. The van der Waals surface area contributed by atoms with Crippen LogP contribution in [-0.2, 0) is 19.5 Å². The van der Waals surface area contributed by atoms with Crippen LogP contribution in [0.2, 0.25) is 0 Å². The van der Waals surface area contributed by atoms with Crippen molar-refractivity contribution in [3.63, 3.8) is 0 Å². The molecule has 3 heteroatoms. The lowest BCUT2D eigenvalue weighted by Crippen LogP contribution is -2.12. The molecule has 21 heavy (non-hydrogen) atoms. The van der Waals surface area contributed by atoms with E-state index in [2.05, 4.69) is 54.9 Å². The fourth-order valence-corrected chi connectivity index (χ4v) is 3.14. The Kier molecular flexibility index (Phi) is 6.77. The van der Waals surface area contributed by atoms with E-state index >= 15 is 0 Å². The Morgan fingerprint density at radius 1 is 1.05 bits per heavy atom. The van der Waals surface area contributed by atoms with Gasteiger partial charge in [0, 0.05) is 18.0 Å². The lowest BCUT2D eigenvalue weighted by Gasteiger charge is -2.08. The summed E-state index contributed by atoms with van der Waals surface area (Å²) in [7, 11) is 0. The number of hydrogen-bond acceptors (Lipinski definition) is 3. The molecule has 0 bridgehead atoms. The molecular weight excluding hydrogens is 278 g/mol. The molecule has 2 aromatic rings. The number of unbranched alkanes of at least 4 members (excludes halogenated alkanes) is 1. The van der Waals surface area contributed by atoms with Gasteiger partial charge in [0.25, 0.3) is 0 Å². The molecule has 1 aromatic heterocycles. The Morgan fingerprint density at radius 3 is 2.57 bits per heavy atom. The van der Waals surface area contributed by atoms with E-state index in [1.54, 1.807) is 0 Å². The second-order valence-corrected chi connectivity index (χ2v) is 6.17. The van der Waals surface area contributed by atoms with E-state index in [0.717, 1.165) is 38.3 Å². The Bertz CT molecular complexity index is 518. The molecule has 0 fully saturated rings. The minimum Gasteiger partial charge on any atom is -0.494 e. The van der Waals surface area contributed by atoms with E-state index in [0.29, 0.717) is 0 Å². The first-order valence-corrected chi connectivity index (χ1v) is 8.69. The van der Waals surface area contributed by atoms with Gasteiger partial charge in [0.2, 0.25) is 0 Å². The molecule has 114 valence electrons. The van der Waals surface area contributed by atoms with Crippen LogP contribution < -0.4 is 10.1 Å². The normalized spacial score (nSPS) is 10.8. The van der Waals surface area contributed by atoms with Crippen molar-refractivity contribution in [2.45, 2.75) is 46.2 Å². The van der Waals surface area contributed by atoms with Crippen LogP contribution in [0.15, 0.2) is 35.7 Å². The molecule has 0 spiro atoms. The van der Waals surface area contributed by atoms with Crippen LogP contribution in [0.5, 0.6) is 5.75 Å². The highest BCUT2D eigenvalue weighted by molar-refractivity contribution is 7.10. The molecular formula is C18H25NOS. The Hall–Kier alpha value is -1.32. The molecule has 0 amide bonds. The largest absolute Gasteiger partial charge is 0.494 e. The average Bonchev–Trinajstić information content (AvgIpc) is 2.97. The molecule has 0 unspecified atom stereocenters. The van der Waals surface area contributed by atoms with E-state index in [4.69, 9.17) is 4.74 Å². The summed E-state index contributed by atoms with van der Waals surface area (Å²) in [5, 5.41) is 5.70. The number of hydrogen-bond donors (Lipinski definition) is 1. The van der Waals surface area contributed by atoms with Gasteiger partial charge in [-0.15, -0.1) is 11.3 Å². The second kappa shape index (κ2) is 8.85. The van der Waals surface area contributed by atoms with Crippen LogP contribution in [0.3, 0.4) is 0 Å². The maximum Gasteiger partial charge on any atom is 0.119 e. The van der Waals surface area contributed by atoms with Gasteiger partial charge in [-0.2, -0.15) is 0 Å². The van der Waals surface area contributed by atoms with Crippen molar-refractivity contribution in [2.75, 3.05) is 6.61 Å². The third-order valence-electron chi connectivity index (χ3n) is 3.52. The molecule has 0 radical (unpaired) electrons. The van der Waals surface area contributed by atoms with Gasteiger partial charge in [0.05, 0.1) is 6.61 Å². The van der Waals surface area contributed by atoms with Crippen LogP contribution in [-0.4, -0.2) is 6.61 Å². The predicted molar refractivity (Wildman–Crippen MR) is 91.1 cm³/mol. The first-order valence-electron chi connectivity index (χ1n) is 7.81. The number of nitrogens with one attached hydrogen (secondary N) is 1. The maximum atomic E-state index is 5.68. The number of ether oxygens (including phenoxy) is 1. The van der Waals surface area contributed by atoms with E-state index < -0.39 is 0 Å². The highest BCUT2D eigenvalue weighted by Gasteiger charge is 2.02. The molecule has 2 nitrogen and oxygen atoms in total. The number of aryl methyl sites for hydroxylation is 1. The van der Waals surface area contributed by atoms with E-state index in [-0.39, 0.29) is 0 Å². The average molecular weight is 303 g/mol. The van der Waals surface area contributed by atoms with Crippen molar-refractivity contribution in [1.82, 2.24) is 5.32 Å². The van der Waals surface area contributed by atoms with E-state index in [9.17, 15) is 0 Å². The molecule has 0 aliphatic carbocycles. The minimum atomic E-state index is 0.812. The fourth-order valence-electron chi connectivity index (χ4n) is 2.20. The zero-order valence-electron chi connectivity index (χ0n) is 13.0. The van der Waals surface area contributed by atoms with Gasteiger partial charge in [-0.25, -0.2) is 0 Å². The van der Waals surface area contributed by atoms with Gasteiger partial charge in [0.15, 0.2) is 0 Å². The van der Waals surface area contributed by atoms with Crippen LogP contribution in [0, 0.1) is 0 Å². The standard InChI is InChI=1S/C18H25NOS/c1-3-5-11-20-17-8-6-15(7-9-17)13-19-14-18-16(4-2)10-12-21-18/h6-10,12,19H,3-5,11,13-14H2,1-2H3. The van der Waals surface area contributed by atoms with Crippen molar-refractivity contribution in [3.8, 4) is 5.75 Å². The quantitative estimate of drug-likeness (QED) is 0.673. The van der Waals surface area contributed by atoms with Gasteiger partial charge >= 0.3 is 0 Å². The van der Waals surface area contributed by atoms with Crippen LogP contribution in [0.4, 0.5) is 0 Å². The van der Waals surface area contributed by atoms with E-state index in [1.807, 2.05) is 11.3 Å². The van der Waals surface area contributed by atoms with Gasteiger partial charge in [-0.3, -0.25) is 0 Å². The molecule has 0 saturated heterocycles. The van der Waals surface area contributed by atoms with Crippen molar-refractivity contribution >= 4 is 11.3 Å². The summed E-state index contributed by atoms with van der Waals surface area (Å²) in [5.74, 6) is 0.971. The molecule has 1 N–H and O–H groups in total. The second-order valence-electron chi connectivity index (χ2n) is 5.17. The lowest BCUT2D eigenvalue weighted by molar-refractivity contribution is 0.309. The maximum absolute atomic E-state index is 5.68. The molecule has 0 atom stereocenters.